The summed E-state index contributed by atoms with van der Waals surface area (Å²) in [7, 11) is 3.49. The van der Waals surface area contributed by atoms with Crippen molar-refractivity contribution >= 4 is 28.6 Å². The topological polar surface area (TPSA) is 47.4 Å². The highest BCUT2D eigenvalue weighted by atomic mass is 35.5. The van der Waals surface area contributed by atoms with Crippen molar-refractivity contribution in [1.29, 1.82) is 0 Å². The number of anilines is 1. The van der Waals surface area contributed by atoms with Gasteiger partial charge >= 0.3 is 0 Å². The van der Waals surface area contributed by atoms with Gasteiger partial charge in [-0.1, -0.05) is 23.7 Å². The number of methoxy groups -OCH3 is 1. The summed E-state index contributed by atoms with van der Waals surface area (Å²) < 4.78 is 6.88. The molecule has 1 aromatic heterocycles. The molecule has 0 amide bonds. The van der Waals surface area contributed by atoms with Crippen LogP contribution >= 0.6 is 11.6 Å². The van der Waals surface area contributed by atoms with Gasteiger partial charge in [0.25, 0.3) is 0 Å². The van der Waals surface area contributed by atoms with Crippen LogP contribution in [0.5, 0.6) is 5.75 Å². The summed E-state index contributed by atoms with van der Waals surface area (Å²) in [4.78, 5) is 13.3. The summed E-state index contributed by atoms with van der Waals surface area (Å²) >= 11 is 6.26. The van der Waals surface area contributed by atoms with Crippen LogP contribution in [-0.4, -0.2) is 29.7 Å². The van der Waals surface area contributed by atoms with Crippen molar-refractivity contribution in [3.63, 3.8) is 0 Å². The van der Waals surface area contributed by atoms with Crippen molar-refractivity contribution in [3.05, 3.63) is 47.3 Å². The van der Waals surface area contributed by atoms with Gasteiger partial charge in [0.1, 0.15) is 17.7 Å². The normalized spacial score (nSPS) is 14.0. The third-order valence-electron chi connectivity index (χ3n) is 3.68. The number of hydrogen-bond donors (Lipinski definition) is 0. The molecule has 5 nitrogen and oxygen atoms in total. The van der Waals surface area contributed by atoms with Gasteiger partial charge in [-0.15, -0.1) is 0 Å². The fourth-order valence-electron chi connectivity index (χ4n) is 2.56. The minimum absolute atomic E-state index is 0.441. The highest BCUT2D eigenvalue weighted by Gasteiger charge is 2.26. The van der Waals surface area contributed by atoms with Gasteiger partial charge in [-0.2, -0.15) is 5.10 Å². The fourth-order valence-corrected chi connectivity index (χ4v) is 2.80. The van der Waals surface area contributed by atoms with Gasteiger partial charge < -0.3 is 9.64 Å². The molecule has 114 valence electrons. The van der Waals surface area contributed by atoms with E-state index in [9.17, 15) is 4.79 Å². The Morgan fingerprint density at radius 3 is 2.73 bits per heavy atom. The highest BCUT2D eigenvalue weighted by Crippen LogP contribution is 2.36. The zero-order valence-electron chi connectivity index (χ0n) is 12.4. The lowest BCUT2D eigenvalue weighted by Crippen LogP contribution is -2.29. The first-order valence-electron chi connectivity index (χ1n) is 6.88. The third kappa shape index (κ3) is 2.60. The second kappa shape index (κ2) is 5.85. The van der Waals surface area contributed by atoms with Gasteiger partial charge in [0.2, 0.25) is 0 Å². The summed E-state index contributed by atoms with van der Waals surface area (Å²) in [6, 6.07) is 7.87. The van der Waals surface area contributed by atoms with E-state index in [4.69, 9.17) is 16.3 Å². The quantitative estimate of drug-likeness (QED) is 0.813. The van der Waals surface area contributed by atoms with Gasteiger partial charge in [-0.05, 0) is 17.7 Å². The van der Waals surface area contributed by atoms with Crippen LogP contribution < -0.4 is 9.64 Å². The van der Waals surface area contributed by atoms with Gasteiger partial charge in [0.05, 0.1) is 17.8 Å². The van der Waals surface area contributed by atoms with Crippen LogP contribution in [0, 0.1) is 0 Å². The lowest BCUT2D eigenvalue weighted by atomic mass is 10.1. The largest absolute Gasteiger partial charge is 0.497 e. The minimum Gasteiger partial charge on any atom is -0.497 e. The predicted octanol–water partition coefficient (Wildman–Crippen LogP) is 2.60. The number of aromatic nitrogens is 2. The number of aryl methyl sites for hydroxylation is 1. The average Bonchev–Trinajstić information content (AvgIpc) is 2.93. The van der Waals surface area contributed by atoms with Crippen LogP contribution in [-0.2, 0) is 18.4 Å². The second-order valence-electron chi connectivity index (χ2n) is 5.20. The van der Waals surface area contributed by atoms with Crippen molar-refractivity contribution in [1.82, 2.24) is 9.78 Å². The maximum atomic E-state index is 11.2. The molecule has 0 saturated carbocycles. The summed E-state index contributed by atoms with van der Waals surface area (Å²) in [5, 5.41) is 4.80. The SMILES string of the molecule is COc1ccc(CN2CC(C=O)=C(Cl)c3nn(C)cc32)cc1. The molecule has 1 aliphatic rings. The first-order valence-corrected chi connectivity index (χ1v) is 7.26. The van der Waals surface area contributed by atoms with Crippen LogP contribution in [0.1, 0.15) is 11.3 Å². The molecular weight excluding hydrogens is 302 g/mol. The smallest absolute Gasteiger partial charge is 0.149 e. The van der Waals surface area contributed by atoms with Crippen molar-refractivity contribution in [2.45, 2.75) is 6.54 Å². The Kier molecular flexibility index (Phi) is 3.90. The number of rotatable bonds is 4. The monoisotopic (exact) mass is 317 g/mol. The molecule has 0 radical (unpaired) electrons. The number of nitrogens with zero attached hydrogens (tertiary/aromatic N) is 3. The minimum atomic E-state index is 0.441. The Balaban J connectivity index is 1.92. The molecule has 22 heavy (non-hydrogen) atoms. The van der Waals surface area contributed by atoms with E-state index in [2.05, 4.69) is 10.00 Å². The standard InChI is InChI=1S/C16H16ClN3O2/c1-19-9-14-16(18-19)15(17)12(10-21)8-20(14)7-11-3-5-13(22-2)6-4-11/h3-6,9-10H,7-8H2,1-2H3. The van der Waals surface area contributed by atoms with Crippen LogP contribution in [0.4, 0.5) is 5.69 Å². The zero-order chi connectivity index (χ0) is 15.7. The number of fused-ring (bicyclic) bond motifs is 1. The fraction of sp³-hybridized carbons (Fsp3) is 0.250. The number of benzene rings is 1. The lowest BCUT2D eigenvalue weighted by Gasteiger charge is -2.28. The summed E-state index contributed by atoms with van der Waals surface area (Å²) in [6.07, 6.45) is 2.73. The van der Waals surface area contributed by atoms with E-state index in [1.807, 2.05) is 37.5 Å². The molecule has 0 aliphatic carbocycles. The maximum absolute atomic E-state index is 11.2. The molecule has 0 saturated heterocycles. The van der Waals surface area contributed by atoms with Gasteiger partial charge in [-0.25, -0.2) is 0 Å². The number of aldehydes is 1. The Bertz CT molecular complexity index is 734. The van der Waals surface area contributed by atoms with Crippen LogP contribution in [0.25, 0.3) is 5.03 Å². The van der Waals surface area contributed by atoms with Gasteiger partial charge in [0.15, 0.2) is 0 Å². The molecule has 0 unspecified atom stereocenters. The number of carbonyl (C=O) groups is 1. The predicted molar refractivity (Wildman–Crippen MR) is 86.1 cm³/mol. The molecule has 0 fully saturated rings. The molecule has 1 aliphatic heterocycles. The Labute approximate surface area is 133 Å². The zero-order valence-corrected chi connectivity index (χ0v) is 13.2. The molecule has 6 heteroatoms. The molecule has 0 spiro atoms. The molecule has 3 rings (SSSR count). The van der Waals surface area contributed by atoms with Crippen LogP contribution in [0.3, 0.4) is 0 Å². The molecule has 0 bridgehead atoms. The van der Waals surface area contributed by atoms with Crippen molar-refractivity contribution in [2.24, 2.45) is 7.05 Å². The van der Waals surface area contributed by atoms with E-state index >= 15 is 0 Å². The lowest BCUT2D eigenvalue weighted by molar-refractivity contribution is -0.104. The third-order valence-corrected chi connectivity index (χ3v) is 4.10. The highest BCUT2D eigenvalue weighted by molar-refractivity contribution is 6.51. The van der Waals surface area contributed by atoms with Gasteiger partial charge in [0, 0.05) is 31.9 Å². The number of carbonyl (C=O) groups excluding carboxylic acids is 1. The van der Waals surface area contributed by atoms with E-state index in [0.717, 1.165) is 23.3 Å². The molecule has 0 N–H and O–H groups in total. The maximum Gasteiger partial charge on any atom is 0.149 e. The van der Waals surface area contributed by atoms with Crippen molar-refractivity contribution in [2.75, 3.05) is 18.6 Å². The van der Waals surface area contributed by atoms with Crippen molar-refractivity contribution < 1.29 is 9.53 Å². The first kappa shape index (κ1) is 14.7. The summed E-state index contributed by atoms with van der Waals surface area (Å²) in [5.74, 6) is 0.820. The number of halogens is 1. The Hall–Kier alpha value is -2.27. The van der Waals surface area contributed by atoms with E-state index < -0.39 is 0 Å². The molecular formula is C16H16ClN3O2. The second-order valence-corrected chi connectivity index (χ2v) is 5.58. The van der Waals surface area contributed by atoms with E-state index in [-0.39, 0.29) is 0 Å². The Morgan fingerprint density at radius 1 is 1.36 bits per heavy atom. The number of hydrogen-bond acceptors (Lipinski definition) is 4. The molecule has 0 atom stereocenters. The Morgan fingerprint density at radius 2 is 2.09 bits per heavy atom. The van der Waals surface area contributed by atoms with Crippen molar-refractivity contribution in [3.8, 4) is 5.75 Å². The molecule has 2 heterocycles. The van der Waals surface area contributed by atoms with Crippen LogP contribution in [0.2, 0.25) is 0 Å². The van der Waals surface area contributed by atoms with E-state index in [0.29, 0.717) is 29.4 Å². The molecule has 1 aromatic carbocycles. The average molecular weight is 318 g/mol. The van der Waals surface area contributed by atoms with Crippen LogP contribution in [0.15, 0.2) is 36.0 Å². The summed E-state index contributed by atoms with van der Waals surface area (Å²) in [6.45, 7) is 1.15. The van der Waals surface area contributed by atoms with Gasteiger partial charge in [-0.3, -0.25) is 9.48 Å². The summed E-state index contributed by atoms with van der Waals surface area (Å²) in [5.41, 5.74) is 3.28. The number of ether oxygens (including phenoxy) is 1. The molecule has 2 aromatic rings. The van der Waals surface area contributed by atoms with E-state index in [1.165, 1.54) is 0 Å². The first-order chi connectivity index (χ1) is 10.6. The van der Waals surface area contributed by atoms with E-state index in [1.54, 1.807) is 11.8 Å².